The fourth-order valence-corrected chi connectivity index (χ4v) is 2.38. The van der Waals surface area contributed by atoms with Gasteiger partial charge in [-0.05, 0) is 42.5 Å². The lowest BCUT2D eigenvalue weighted by Crippen LogP contribution is -2.24. The number of aromatic nitrogens is 2. The molecule has 0 saturated heterocycles. The molecule has 0 aliphatic rings. The van der Waals surface area contributed by atoms with Crippen molar-refractivity contribution in [3.05, 3.63) is 80.8 Å². The maximum absolute atomic E-state index is 10.8. The fourth-order valence-electron chi connectivity index (χ4n) is 2.26. The highest BCUT2D eigenvalue weighted by molar-refractivity contribution is 6.30. The van der Waals surface area contributed by atoms with E-state index < -0.39 is 4.92 Å². The number of hydrogen-bond donors (Lipinski definition) is 1. The van der Waals surface area contributed by atoms with Crippen molar-refractivity contribution in [1.29, 1.82) is 10.7 Å². The number of nitrogens with zero attached hydrogens (tertiary/aromatic N) is 4. The molecule has 0 amide bonds. The summed E-state index contributed by atoms with van der Waals surface area (Å²) in [4.78, 5) is 10.3. The third-order valence-electron chi connectivity index (χ3n) is 3.52. The lowest BCUT2D eigenvalue weighted by Gasteiger charge is -2.10. The molecule has 0 radical (unpaired) electrons. The van der Waals surface area contributed by atoms with Gasteiger partial charge in [0, 0.05) is 22.7 Å². The molecule has 3 rings (SSSR count). The third kappa shape index (κ3) is 3.24. The van der Waals surface area contributed by atoms with Crippen LogP contribution in [0.3, 0.4) is 0 Å². The monoisotopic (exact) mass is 351 g/mol. The highest BCUT2D eigenvalue weighted by Crippen LogP contribution is 2.21. The summed E-state index contributed by atoms with van der Waals surface area (Å²) in [5.74, 6) is 0. The van der Waals surface area contributed by atoms with Gasteiger partial charge in [0.25, 0.3) is 5.69 Å². The van der Waals surface area contributed by atoms with Crippen molar-refractivity contribution in [2.24, 2.45) is 0 Å². The molecule has 3 aromatic rings. The van der Waals surface area contributed by atoms with Crippen LogP contribution in [0.5, 0.6) is 0 Å². The van der Waals surface area contributed by atoms with Gasteiger partial charge in [0.1, 0.15) is 6.07 Å². The number of halogens is 1. The minimum atomic E-state index is -0.487. The van der Waals surface area contributed by atoms with Gasteiger partial charge in [-0.1, -0.05) is 11.6 Å². The van der Waals surface area contributed by atoms with E-state index in [1.807, 2.05) is 6.07 Å². The van der Waals surface area contributed by atoms with E-state index in [1.54, 1.807) is 36.4 Å². The highest BCUT2D eigenvalue weighted by atomic mass is 35.5. The Morgan fingerprint density at radius 3 is 2.36 bits per heavy atom. The minimum Gasteiger partial charge on any atom is -0.282 e. The van der Waals surface area contributed by atoms with Gasteiger partial charge in [0.2, 0.25) is 0 Å². The van der Waals surface area contributed by atoms with Gasteiger partial charge in [0.15, 0.2) is 5.49 Å². The van der Waals surface area contributed by atoms with Gasteiger partial charge < -0.3 is 0 Å². The smallest absolute Gasteiger partial charge is 0.269 e. The number of nitro groups is 1. The van der Waals surface area contributed by atoms with Crippen molar-refractivity contribution in [2.45, 2.75) is 0 Å². The van der Waals surface area contributed by atoms with Crippen LogP contribution in [0.4, 0.5) is 5.69 Å². The van der Waals surface area contributed by atoms with Crippen LogP contribution in [0, 0.1) is 26.9 Å². The normalized spacial score (nSPS) is 10.2. The second-order valence-corrected chi connectivity index (χ2v) is 5.53. The number of rotatable bonds is 3. The Labute approximate surface area is 147 Å². The molecule has 8 heteroatoms. The molecule has 1 N–H and O–H groups in total. The van der Waals surface area contributed by atoms with Crippen molar-refractivity contribution in [3.63, 3.8) is 0 Å². The molecule has 7 nitrogen and oxygen atoms in total. The van der Waals surface area contributed by atoms with E-state index in [4.69, 9.17) is 17.0 Å². The van der Waals surface area contributed by atoms with Crippen molar-refractivity contribution in [2.75, 3.05) is 0 Å². The SMILES string of the molecule is N#Cc1cc(-c2ccc([N+](=O)[O-])cc2)nn(-c2ccc(Cl)cc2)c1=N. The van der Waals surface area contributed by atoms with E-state index in [1.165, 1.54) is 22.9 Å². The van der Waals surface area contributed by atoms with E-state index in [2.05, 4.69) is 5.10 Å². The molecule has 1 aromatic heterocycles. The first kappa shape index (κ1) is 16.4. The Bertz CT molecular complexity index is 1050. The molecule has 0 unspecified atom stereocenters. The molecular formula is C17H10ClN5O2. The molecule has 25 heavy (non-hydrogen) atoms. The van der Waals surface area contributed by atoms with Crippen molar-refractivity contribution in [3.8, 4) is 23.0 Å². The summed E-state index contributed by atoms with van der Waals surface area (Å²) in [6, 6.07) is 16.0. The van der Waals surface area contributed by atoms with Crippen LogP contribution in [-0.2, 0) is 0 Å². The lowest BCUT2D eigenvalue weighted by molar-refractivity contribution is -0.384. The lowest BCUT2D eigenvalue weighted by atomic mass is 10.1. The van der Waals surface area contributed by atoms with Gasteiger partial charge in [0.05, 0.1) is 21.9 Å². The molecule has 2 aromatic carbocycles. The average Bonchev–Trinajstić information content (AvgIpc) is 2.63. The van der Waals surface area contributed by atoms with Gasteiger partial charge in [-0.15, -0.1) is 0 Å². The summed E-state index contributed by atoms with van der Waals surface area (Å²) in [6.45, 7) is 0. The summed E-state index contributed by atoms with van der Waals surface area (Å²) in [5.41, 5.74) is 1.65. The molecule has 1 heterocycles. The first-order valence-corrected chi connectivity index (χ1v) is 7.47. The van der Waals surface area contributed by atoms with Crippen LogP contribution in [0.2, 0.25) is 5.02 Å². The highest BCUT2D eigenvalue weighted by Gasteiger charge is 2.11. The zero-order chi connectivity index (χ0) is 18.0. The Morgan fingerprint density at radius 1 is 1.16 bits per heavy atom. The van der Waals surface area contributed by atoms with Crippen LogP contribution in [0.15, 0.2) is 54.6 Å². The molecule has 0 aliphatic heterocycles. The predicted octanol–water partition coefficient (Wildman–Crippen LogP) is 3.45. The third-order valence-corrected chi connectivity index (χ3v) is 3.77. The molecule has 0 spiro atoms. The summed E-state index contributed by atoms with van der Waals surface area (Å²) >= 11 is 5.88. The van der Waals surface area contributed by atoms with E-state index in [-0.39, 0.29) is 16.7 Å². The minimum absolute atomic E-state index is 0.0352. The number of hydrogen-bond acceptors (Lipinski definition) is 5. The Balaban J connectivity index is 2.17. The summed E-state index contributed by atoms with van der Waals surface area (Å²) in [7, 11) is 0. The van der Waals surface area contributed by atoms with Gasteiger partial charge >= 0.3 is 0 Å². The number of nitriles is 1. The predicted molar refractivity (Wildman–Crippen MR) is 91.2 cm³/mol. The molecule has 0 saturated carbocycles. The van der Waals surface area contributed by atoms with Gasteiger partial charge in [-0.2, -0.15) is 10.4 Å². The van der Waals surface area contributed by atoms with E-state index >= 15 is 0 Å². The molecule has 122 valence electrons. The van der Waals surface area contributed by atoms with Gasteiger partial charge in [-0.25, -0.2) is 4.68 Å². The maximum Gasteiger partial charge on any atom is 0.269 e. The van der Waals surface area contributed by atoms with Crippen molar-refractivity contribution in [1.82, 2.24) is 9.78 Å². The molecule has 0 aliphatic carbocycles. The standard InChI is InChI=1S/C17H10ClN5O2/c18-13-3-7-14(8-4-13)22-17(20)12(10-19)9-16(21-22)11-1-5-15(6-2-11)23(24)25/h1-9,20H. The van der Waals surface area contributed by atoms with Gasteiger partial charge in [-0.3, -0.25) is 15.5 Å². The second kappa shape index (κ2) is 6.55. The maximum atomic E-state index is 10.8. The number of nitrogens with one attached hydrogen (secondary N) is 1. The first-order chi connectivity index (χ1) is 12.0. The quantitative estimate of drug-likeness (QED) is 0.575. The van der Waals surface area contributed by atoms with Crippen LogP contribution in [-0.4, -0.2) is 14.7 Å². The molecular weight excluding hydrogens is 342 g/mol. The van der Waals surface area contributed by atoms with Crippen LogP contribution in [0.1, 0.15) is 5.56 Å². The van der Waals surface area contributed by atoms with E-state index in [0.29, 0.717) is 22.0 Å². The van der Waals surface area contributed by atoms with E-state index in [9.17, 15) is 15.4 Å². The second-order valence-electron chi connectivity index (χ2n) is 5.10. The molecule has 0 fully saturated rings. The Hall–Kier alpha value is -3.50. The van der Waals surface area contributed by atoms with Crippen LogP contribution >= 0.6 is 11.6 Å². The fraction of sp³-hybridized carbons (Fsp3) is 0. The van der Waals surface area contributed by atoms with Crippen molar-refractivity contribution < 1.29 is 4.92 Å². The summed E-state index contributed by atoms with van der Waals surface area (Å²) in [5, 5.41) is 33.1. The molecule has 0 bridgehead atoms. The average molecular weight is 352 g/mol. The van der Waals surface area contributed by atoms with E-state index in [0.717, 1.165) is 0 Å². The largest absolute Gasteiger partial charge is 0.282 e. The first-order valence-electron chi connectivity index (χ1n) is 7.09. The number of non-ortho nitro benzene ring substituents is 1. The summed E-state index contributed by atoms with van der Waals surface area (Å²) < 4.78 is 1.33. The topological polar surface area (TPSA) is 109 Å². The Morgan fingerprint density at radius 2 is 1.80 bits per heavy atom. The zero-order valence-corrected chi connectivity index (χ0v) is 13.4. The van der Waals surface area contributed by atoms with Crippen LogP contribution in [0.25, 0.3) is 16.9 Å². The zero-order valence-electron chi connectivity index (χ0n) is 12.7. The summed E-state index contributed by atoms with van der Waals surface area (Å²) in [6.07, 6.45) is 0. The number of benzene rings is 2. The van der Waals surface area contributed by atoms with Crippen LogP contribution < -0.4 is 5.49 Å². The van der Waals surface area contributed by atoms with Crippen molar-refractivity contribution >= 4 is 17.3 Å². The Kier molecular flexibility index (Phi) is 4.29. The molecule has 0 atom stereocenters. The number of nitro benzene ring substituents is 1.